The van der Waals surface area contributed by atoms with E-state index in [9.17, 15) is 19.8 Å². The topological polar surface area (TPSA) is 81.1 Å². The van der Waals surface area contributed by atoms with Gasteiger partial charge in [-0.25, -0.2) is 4.79 Å². The molecule has 3 atom stereocenters. The number of carboxylic acid groups (broad SMARTS) is 1. The second kappa shape index (κ2) is 5.16. The second-order valence-electron chi connectivity index (χ2n) is 6.96. The molecule has 0 aromatic heterocycles. The molecule has 3 rings (SSSR count). The molecule has 3 fully saturated rings. The van der Waals surface area contributed by atoms with Crippen molar-refractivity contribution in [2.24, 2.45) is 5.92 Å². The maximum atomic E-state index is 12.7. The molecule has 0 radical (unpaired) electrons. The number of aliphatic carboxylic acids is 1. The summed E-state index contributed by atoms with van der Waals surface area (Å²) in [6.07, 6.45) is 5.77. The summed E-state index contributed by atoms with van der Waals surface area (Å²) in [4.78, 5) is 27.3. The Morgan fingerprint density at radius 3 is 2.52 bits per heavy atom. The zero-order valence-electron chi connectivity index (χ0n) is 12.5. The highest BCUT2D eigenvalue weighted by molar-refractivity contribution is 5.79. The Morgan fingerprint density at radius 1 is 1.29 bits per heavy atom. The first-order chi connectivity index (χ1) is 9.91. The van der Waals surface area contributed by atoms with Gasteiger partial charge >= 0.3 is 12.0 Å². The molecule has 3 unspecified atom stereocenters. The predicted octanol–water partition coefficient (Wildman–Crippen LogP) is 1.28. The summed E-state index contributed by atoms with van der Waals surface area (Å²) in [7, 11) is 1.71. The molecule has 2 aliphatic heterocycles. The van der Waals surface area contributed by atoms with Gasteiger partial charge in [-0.1, -0.05) is 12.8 Å². The number of rotatable bonds is 3. The van der Waals surface area contributed by atoms with E-state index in [0.29, 0.717) is 13.0 Å². The molecule has 2 N–H and O–H groups in total. The number of nitrogens with zero attached hydrogens (tertiary/aromatic N) is 2. The fourth-order valence-electron chi connectivity index (χ4n) is 4.45. The molecule has 0 spiro atoms. The van der Waals surface area contributed by atoms with Gasteiger partial charge in [0.1, 0.15) is 0 Å². The summed E-state index contributed by atoms with van der Waals surface area (Å²) >= 11 is 0. The first-order valence-corrected chi connectivity index (χ1v) is 7.90. The highest BCUT2D eigenvalue weighted by atomic mass is 16.4. The number of carbonyl (C=O) groups excluding carboxylic acids is 1. The van der Waals surface area contributed by atoms with Crippen molar-refractivity contribution in [2.45, 2.75) is 62.6 Å². The van der Waals surface area contributed by atoms with Crippen LogP contribution in [0.1, 0.15) is 44.9 Å². The van der Waals surface area contributed by atoms with Gasteiger partial charge in [-0.15, -0.1) is 0 Å². The molecule has 2 bridgehead atoms. The van der Waals surface area contributed by atoms with Gasteiger partial charge in [-0.3, -0.25) is 4.79 Å². The average Bonchev–Trinajstić information content (AvgIpc) is 3.11. The molecular weight excluding hydrogens is 272 g/mol. The van der Waals surface area contributed by atoms with E-state index in [1.54, 1.807) is 16.8 Å². The monoisotopic (exact) mass is 296 g/mol. The van der Waals surface area contributed by atoms with Crippen LogP contribution in [0.4, 0.5) is 4.79 Å². The minimum atomic E-state index is -0.794. The fourth-order valence-corrected chi connectivity index (χ4v) is 4.45. The van der Waals surface area contributed by atoms with Gasteiger partial charge in [0.2, 0.25) is 0 Å². The van der Waals surface area contributed by atoms with E-state index in [1.165, 1.54) is 0 Å². The lowest BCUT2D eigenvalue weighted by molar-refractivity contribution is -0.142. The van der Waals surface area contributed by atoms with Crippen molar-refractivity contribution < 1.29 is 19.8 Å². The van der Waals surface area contributed by atoms with Gasteiger partial charge in [0.25, 0.3) is 0 Å². The van der Waals surface area contributed by atoms with Crippen molar-refractivity contribution in [3.8, 4) is 0 Å². The van der Waals surface area contributed by atoms with Crippen LogP contribution in [0.5, 0.6) is 0 Å². The molecule has 2 heterocycles. The molecule has 118 valence electrons. The number of aliphatic hydroxyl groups is 1. The molecule has 3 aliphatic rings. The lowest BCUT2D eigenvalue weighted by Crippen LogP contribution is -2.49. The van der Waals surface area contributed by atoms with E-state index in [-0.39, 0.29) is 18.1 Å². The highest BCUT2D eigenvalue weighted by Crippen LogP contribution is 2.42. The number of carbonyl (C=O) groups is 2. The van der Waals surface area contributed by atoms with E-state index >= 15 is 0 Å². The number of hydrogen-bond donors (Lipinski definition) is 2. The first-order valence-electron chi connectivity index (χ1n) is 7.90. The number of fused-ring (bicyclic) bond motifs is 2. The standard InChI is InChI=1S/C15H24N2O4/c1-16(9-15(21)6-2-3-7-15)14(20)17-10-4-5-12(17)11(8-10)13(18)19/h10-12,21H,2-9H2,1H3,(H,18,19). The van der Waals surface area contributed by atoms with Crippen LogP contribution in [0.2, 0.25) is 0 Å². The van der Waals surface area contributed by atoms with Crippen LogP contribution in [-0.4, -0.2) is 63.3 Å². The molecule has 0 aromatic carbocycles. The van der Waals surface area contributed by atoms with Crippen LogP contribution in [0.15, 0.2) is 0 Å². The van der Waals surface area contributed by atoms with Crippen LogP contribution in [0.3, 0.4) is 0 Å². The molecule has 0 aromatic rings. The highest BCUT2D eigenvalue weighted by Gasteiger charge is 2.52. The molecule has 2 amide bonds. The third-order valence-corrected chi connectivity index (χ3v) is 5.47. The summed E-state index contributed by atoms with van der Waals surface area (Å²) in [5.74, 6) is -1.22. The Hall–Kier alpha value is -1.30. The SMILES string of the molecule is CN(CC1(O)CCCC1)C(=O)N1C2CCC1C(C(=O)O)C2. The van der Waals surface area contributed by atoms with Gasteiger partial charge in [-0.05, 0) is 32.1 Å². The summed E-state index contributed by atoms with van der Waals surface area (Å²) < 4.78 is 0. The molecule has 6 nitrogen and oxygen atoms in total. The van der Waals surface area contributed by atoms with Crippen molar-refractivity contribution in [3.05, 3.63) is 0 Å². The van der Waals surface area contributed by atoms with Crippen molar-refractivity contribution in [1.82, 2.24) is 9.80 Å². The third-order valence-electron chi connectivity index (χ3n) is 5.47. The molecule has 1 aliphatic carbocycles. The lowest BCUT2D eigenvalue weighted by Gasteiger charge is -2.33. The number of carboxylic acids is 1. The van der Waals surface area contributed by atoms with E-state index < -0.39 is 17.5 Å². The Kier molecular flexibility index (Phi) is 3.59. The van der Waals surface area contributed by atoms with E-state index in [1.807, 2.05) is 0 Å². The second-order valence-corrected chi connectivity index (χ2v) is 6.96. The number of amides is 2. The van der Waals surface area contributed by atoms with Gasteiger partial charge in [0.15, 0.2) is 0 Å². The zero-order valence-corrected chi connectivity index (χ0v) is 12.5. The number of urea groups is 1. The predicted molar refractivity (Wildman–Crippen MR) is 75.8 cm³/mol. The van der Waals surface area contributed by atoms with Crippen LogP contribution < -0.4 is 0 Å². The van der Waals surface area contributed by atoms with Gasteiger partial charge < -0.3 is 20.0 Å². The molecule has 1 saturated carbocycles. The molecule has 21 heavy (non-hydrogen) atoms. The lowest BCUT2D eigenvalue weighted by atomic mass is 9.89. The minimum Gasteiger partial charge on any atom is -0.481 e. The van der Waals surface area contributed by atoms with Crippen molar-refractivity contribution in [1.29, 1.82) is 0 Å². The van der Waals surface area contributed by atoms with Crippen LogP contribution in [0, 0.1) is 5.92 Å². The average molecular weight is 296 g/mol. The fraction of sp³-hybridized carbons (Fsp3) is 0.867. The Labute approximate surface area is 124 Å². The molecular formula is C15H24N2O4. The smallest absolute Gasteiger partial charge is 0.320 e. The Bertz CT molecular complexity index is 447. The van der Waals surface area contributed by atoms with E-state index in [4.69, 9.17) is 0 Å². The Morgan fingerprint density at radius 2 is 1.95 bits per heavy atom. The normalized spacial score (nSPS) is 33.4. The van der Waals surface area contributed by atoms with Gasteiger partial charge in [0, 0.05) is 19.1 Å². The van der Waals surface area contributed by atoms with Crippen molar-refractivity contribution in [3.63, 3.8) is 0 Å². The Balaban J connectivity index is 1.66. The van der Waals surface area contributed by atoms with Gasteiger partial charge in [0.05, 0.1) is 18.1 Å². The van der Waals surface area contributed by atoms with Crippen molar-refractivity contribution in [2.75, 3.05) is 13.6 Å². The van der Waals surface area contributed by atoms with Crippen LogP contribution in [-0.2, 0) is 4.79 Å². The summed E-state index contributed by atoms with van der Waals surface area (Å²) in [6.45, 7) is 0.347. The molecule has 6 heteroatoms. The van der Waals surface area contributed by atoms with E-state index in [0.717, 1.165) is 38.5 Å². The largest absolute Gasteiger partial charge is 0.481 e. The quantitative estimate of drug-likeness (QED) is 0.822. The first kappa shape index (κ1) is 14.6. The number of hydrogen-bond acceptors (Lipinski definition) is 3. The maximum Gasteiger partial charge on any atom is 0.320 e. The van der Waals surface area contributed by atoms with Crippen LogP contribution >= 0.6 is 0 Å². The third kappa shape index (κ3) is 2.50. The minimum absolute atomic E-state index is 0.0595. The number of likely N-dealkylation sites (N-methyl/N-ethyl adjacent to an activating group) is 1. The van der Waals surface area contributed by atoms with Crippen LogP contribution in [0.25, 0.3) is 0 Å². The molecule has 2 saturated heterocycles. The van der Waals surface area contributed by atoms with E-state index in [2.05, 4.69) is 0 Å². The van der Waals surface area contributed by atoms with Crippen molar-refractivity contribution >= 4 is 12.0 Å². The summed E-state index contributed by atoms with van der Waals surface area (Å²) in [5, 5.41) is 19.7. The summed E-state index contributed by atoms with van der Waals surface area (Å²) in [6, 6.07) is -0.225. The summed E-state index contributed by atoms with van der Waals surface area (Å²) in [5.41, 5.74) is -0.755. The maximum absolute atomic E-state index is 12.7. The van der Waals surface area contributed by atoms with Gasteiger partial charge in [-0.2, -0.15) is 0 Å². The zero-order chi connectivity index (χ0) is 15.2.